The monoisotopic (exact) mass is 957 g/mol. The van der Waals surface area contributed by atoms with Gasteiger partial charge in [-0.25, -0.2) is 0 Å². The van der Waals surface area contributed by atoms with Crippen LogP contribution in [-0.4, -0.2) is 32.7 Å². The van der Waals surface area contributed by atoms with Crippen LogP contribution in [0.15, 0.2) is 136 Å². The number of hydrogen-bond acceptors (Lipinski definition) is 7. The molecule has 0 amide bonds. The fourth-order valence-corrected chi connectivity index (χ4v) is 10.3. The summed E-state index contributed by atoms with van der Waals surface area (Å²) in [6.45, 7) is 6.88. The Bertz CT molecular complexity index is 2370. The number of aromatic nitrogens is 1. The molecule has 1 aliphatic heterocycles. The van der Waals surface area contributed by atoms with Crippen LogP contribution in [0.4, 0.5) is 5.69 Å². The molecule has 7 nitrogen and oxygen atoms in total. The van der Waals surface area contributed by atoms with Crippen LogP contribution in [0.1, 0.15) is 31.7 Å². The second-order valence-corrected chi connectivity index (χ2v) is 19.9. The maximum atomic E-state index is 11.5. The lowest BCUT2D eigenvalue weighted by Crippen LogP contribution is -2.38. The predicted octanol–water partition coefficient (Wildman–Crippen LogP) is 11.5. The lowest BCUT2D eigenvalue weighted by molar-refractivity contribution is -0.669. The van der Waals surface area contributed by atoms with E-state index in [0.717, 1.165) is 42.7 Å². The number of thiazole rings is 1. The molecule has 0 bridgehead atoms. The summed E-state index contributed by atoms with van der Waals surface area (Å²) in [5.74, 6) is 1.37. The Hall–Kier alpha value is -2.91. The molecule has 0 radical (unpaired) electrons. The number of benzene rings is 4. The molecule has 0 fully saturated rings. The standard InChI is InChI=1S/C40H35Br3N2O5S3/c1-40(2)24-26(20-38-44(34-22-29(42)5-13-36(34)51-38)15-17-49-31-7-3-28(41)4-8-31)19-27(25-40)21-39-45(35-23-30(43)6-14-37(35)52-39)16-18-50-32-9-11-33(12-10-32)53(46,47)48/h3-14,19-23H,15-18,24-25H2,1-2H3/p+1. The SMILES string of the molecule is CC1(C)CC(C=C2Sc3ccc(Br)cc3N2CCOc2ccc(S(=O)(=O)O)cc2)=CC(=Cc2sc3ccc(Br)cc3[n+]2CCOc2ccc(Br)cc2)C1. The average molecular weight is 961 g/mol. The third kappa shape index (κ3) is 9.49. The smallest absolute Gasteiger partial charge is 0.294 e. The first-order chi connectivity index (χ1) is 25.3. The number of nitrogens with zero attached hydrogens (tertiary/aromatic N) is 2. The summed E-state index contributed by atoms with van der Waals surface area (Å²) in [4.78, 5) is 3.29. The Labute approximate surface area is 343 Å². The molecule has 5 aromatic rings. The predicted molar refractivity (Wildman–Crippen MR) is 226 cm³/mol. The van der Waals surface area contributed by atoms with Gasteiger partial charge in [-0.1, -0.05) is 90.8 Å². The first-order valence-corrected chi connectivity index (χ1v) is 22.3. The molecule has 0 unspecified atom stereocenters. The average Bonchev–Trinajstić information content (AvgIpc) is 3.60. The van der Waals surface area contributed by atoms with E-state index in [1.54, 1.807) is 35.2 Å². The second kappa shape index (κ2) is 16.1. The normalized spacial score (nSPS) is 17.0. The van der Waals surface area contributed by atoms with Gasteiger partial charge in [-0.3, -0.25) is 4.55 Å². The van der Waals surface area contributed by atoms with Crippen molar-refractivity contribution in [3.63, 3.8) is 0 Å². The number of fused-ring (bicyclic) bond motifs is 2. The summed E-state index contributed by atoms with van der Waals surface area (Å²) < 4.78 is 51.1. The Morgan fingerprint density at radius 1 is 0.849 bits per heavy atom. The molecule has 13 heteroatoms. The summed E-state index contributed by atoms with van der Waals surface area (Å²) in [6.07, 6.45) is 8.92. The minimum atomic E-state index is -4.26. The van der Waals surface area contributed by atoms with E-state index in [-0.39, 0.29) is 10.3 Å². The number of hydrogen-bond donors (Lipinski definition) is 1. The van der Waals surface area contributed by atoms with Crippen molar-refractivity contribution < 1.29 is 27.0 Å². The van der Waals surface area contributed by atoms with E-state index in [1.807, 2.05) is 24.3 Å². The van der Waals surface area contributed by atoms with Gasteiger partial charge in [0.1, 0.15) is 29.4 Å². The number of ether oxygens (including phenoxy) is 2. The van der Waals surface area contributed by atoms with Gasteiger partial charge in [-0.05, 0) is 114 Å². The fourth-order valence-electron chi connectivity index (χ4n) is 6.58. The number of rotatable bonds is 11. The molecular formula is C40H36Br3N2O5S3+. The molecule has 7 rings (SSSR count). The van der Waals surface area contributed by atoms with E-state index in [0.29, 0.717) is 32.1 Å². The lowest BCUT2D eigenvalue weighted by Gasteiger charge is -2.31. The summed E-state index contributed by atoms with van der Waals surface area (Å²) >= 11 is 14.4. The highest BCUT2D eigenvalue weighted by Gasteiger charge is 2.30. The molecule has 1 aromatic heterocycles. The van der Waals surface area contributed by atoms with E-state index in [2.05, 4.69) is 126 Å². The molecule has 53 heavy (non-hydrogen) atoms. The molecule has 1 N–H and O–H groups in total. The largest absolute Gasteiger partial charge is 0.492 e. The molecule has 0 saturated carbocycles. The van der Waals surface area contributed by atoms with Crippen LogP contribution in [-0.2, 0) is 16.7 Å². The molecule has 0 spiro atoms. The van der Waals surface area contributed by atoms with Crippen molar-refractivity contribution in [1.82, 2.24) is 0 Å². The molecule has 0 saturated heterocycles. The van der Waals surface area contributed by atoms with Crippen molar-refractivity contribution in [2.45, 2.75) is 43.0 Å². The summed E-state index contributed by atoms with van der Waals surface area (Å²) in [5, 5.41) is 2.31. The van der Waals surface area contributed by atoms with Crippen LogP contribution in [0.5, 0.6) is 11.5 Å². The lowest BCUT2D eigenvalue weighted by atomic mass is 9.75. The maximum Gasteiger partial charge on any atom is 0.294 e. The third-order valence-corrected chi connectivity index (χ3v) is 13.4. The van der Waals surface area contributed by atoms with Gasteiger partial charge in [0.15, 0.2) is 6.54 Å². The molecule has 4 aromatic carbocycles. The number of halogens is 3. The van der Waals surface area contributed by atoms with Gasteiger partial charge >= 0.3 is 0 Å². The Balaban J connectivity index is 1.16. The maximum absolute atomic E-state index is 11.5. The topological polar surface area (TPSA) is 80.0 Å². The van der Waals surface area contributed by atoms with Crippen molar-refractivity contribution in [2.75, 3.05) is 24.7 Å². The fraction of sp³-hybridized carbons (Fsp3) is 0.225. The molecule has 274 valence electrons. The molecular weight excluding hydrogens is 924 g/mol. The van der Waals surface area contributed by atoms with Crippen LogP contribution < -0.4 is 18.9 Å². The van der Waals surface area contributed by atoms with Gasteiger partial charge in [0.05, 0.1) is 22.2 Å². The Kier molecular flexibility index (Phi) is 11.6. The zero-order chi connectivity index (χ0) is 37.3. The Morgan fingerprint density at radius 2 is 1.51 bits per heavy atom. The van der Waals surface area contributed by atoms with E-state index in [9.17, 15) is 13.0 Å². The molecule has 0 atom stereocenters. The van der Waals surface area contributed by atoms with Crippen molar-refractivity contribution in [2.24, 2.45) is 5.41 Å². The van der Waals surface area contributed by atoms with Gasteiger partial charge in [0.2, 0.25) is 5.52 Å². The van der Waals surface area contributed by atoms with Crippen molar-refractivity contribution >= 4 is 103 Å². The van der Waals surface area contributed by atoms with Gasteiger partial charge in [-0.2, -0.15) is 13.0 Å². The van der Waals surface area contributed by atoms with E-state index < -0.39 is 10.1 Å². The number of thioether (sulfide) groups is 1. The van der Waals surface area contributed by atoms with Crippen molar-refractivity contribution in [3.05, 3.63) is 132 Å². The highest BCUT2D eigenvalue weighted by molar-refractivity contribution is 9.11. The van der Waals surface area contributed by atoms with Crippen LogP contribution >= 0.6 is 70.9 Å². The van der Waals surface area contributed by atoms with Crippen molar-refractivity contribution in [3.8, 4) is 11.5 Å². The molecule has 2 aliphatic rings. The minimum absolute atomic E-state index is 0.0590. The Morgan fingerprint density at radius 3 is 2.25 bits per heavy atom. The summed E-state index contributed by atoms with van der Waals surface area (Å²) in [5.41, 5.74) is 4.89. The number of allylic oxidation sites excluding steroid dienone is 4. The highest BCUT2D eigenvalue weighted by atomic mass is 79.9. The van der Waals surface area contributed by atoms with E-state index in [4.69, 9.17) is 9.47 Å². The molecule has 1 aliphatic carbocycles. The third-order valence-electron chi connectivity index (χ3n) is 8.84. The van der Waals surface area contributed by atoms with Crippen LogP contribution in [0.3, 0.4) is 0 Å². The quantitative estimate of drug-likeness (QED) is 0.104. The zero-order valence-corrected chi connectivity index (χ0v) is 36.1. The van der Waals surface area contributed by atoms with Gasteiger partial charge in [0.25, 0.3) is 15.1 Å². The summed E-state index contributed by atoms with van der Waals surface area (Å²) in [6, 6.07) is 26.5. The first kappa shape index (κ1) is 38.4. The van der Waals surface area contributed by atoms with Crippen LogP contribution in [0, 0.1) is 5.41 Å². The van der Waals surface area contributed by atoms with Crippen LogP contribution in [0.25, 0.3) is 16.3 Å². The summed E-state index contributed by atoms with van der Waals surface area (Å²) in [7, 11) is -4.26. The van der Waals surface area contributed by atoms with Crippen LogP contribution in [0.2, 0.25) is 0 Å². The second-order valence-electron chi connectivity index (χ2n) is 13.6. The van der Waals surface area contributed by atoms with Crippen molar-refractivity contribution in [1.29, 1.82) is 0 Å². The number of anilines is 1. The van der Waals surface area contributed by atoms with E-state index in [1.165, 1.54) is 43.4 Å². The van der Waals surface area contributed by atoms with Gasteiger partial charge in [0, 0.05) is 30.5 Å². The van der Waals surface area contributed by atoms with E-state index >= 15 is 0 Å². The van der Waals surface area contributed by atoms with Gasteiger partial charge in [-0.15, -0.1) is 0 Å². The zero-order valence-electron chi connectivity index (χ0n) is 28.9. The van der Waals surface area contributed by atoms with Gasteiger partial charge < -0.3 is 14.4 Å². The molecule has 2 heterocycles. The minimum Gasteiger partial charge on any atom is -0.492 e. The first-order valence-electron chi connectivity index (χ1n) is 16.9. The highest BCUT2D eigenvalue weighted by Crippen LogP contribution is 2.48.